The molecule has 5 aromatic rings. The number of hydrazine groups is 1. The highest BCUT2D eigenvalue weighted by molar-refractivity contribution is 7.71. The van der Waals surface area contributed by atoms with Crippen LogP contribution in [0.5, 0.6) is 0 Å². The van der Waals surface area contributed by atoms with Crippen LogP contribution in [-0.4, -0.2) is 31.1 Å². The highest BCUT2D eigenvalue weighted by atomic mass is 32.1. The lowest BCUT2D eigenvalue weighted by Gasteiger charge is -2.10. The molecule has 0 bridgehead atoms. The van der Waals surface area contributed by atoms with Crippen molar-refractivity contribution in [3.63, 3.8) is 0 Å². The van der Waals surface area contributed by atoms with Crippen molar-refractivity contribution >= 4 is 24.0 Å². The van der Waals surface area contributed by atoms with Crippen LogP contribution in [0.15, 0.2) is 103 Å². The van der Waals surface area contributed by atoms with Crippen LogP contribution in [-0.2, 0) is 0 Å². The van der Waals surface area contributed by atoms with E-state index in [2.05, 4.69) is 20.9 Å². The van der Waals surface area contributed by atoms with Gasteiger partial charge in [0.1, 0.15) is 11.4 Å². The summed E-state index contributed by atoms with van der Waals surface area (Å²) in [7, 11) is 0. The fraction of sp³-hybridized carbons (Fsp3) is 0. The Kier molecular flexibility index (Phi) is 6.06. The van der Waals surface area contributed by atoms with Gasteiger partial charge in [0.25, 0.3) is 11.8 Å². The van der Waals surface area contributed by atoms with Gasteiger partial charge in [-0.3, -0.25) is 25.0 Å². The zero-order valence-corrected chi connectivity index (χ0v) is 19.2. The van der Waals surface area contributed by atoms with Crippen molar-refractivity contribution in [1.82, 2.24) is 30.2 Å². The summed E-state index contributed by atoms with van der Waals surface area (Å²) in [4.78, 5) is 29.0. The summed E-state index contributed by atoms with van der Waals surface area (Å²) in [6.07, 6.45) is 3.14. The number of carbonyl (C=O) groups excluding carboxylic acids is 2. The number of nitrogens with one attached hydrogen (secondary N) is 3. The summed E-state index contributed by atoms with van der Waals surface area (Å²) in [6, 6.07) is 28.1. The molecule has 0 radical (unpaired) electrons. The highest BCUT2D eigenvalue weighted by Gasteiger charge is 2.20. The molecule has 0 aliphatic heterocycles. The van der Waals surface area contributed by atoms with E-state index < -0.39 is 11.8 Å². The first-order valence-corrected chi connectivity index (χ1v) is 11.2. The summed E-state index contributed by atoms with van der Waals surface area (Å²) in [5.41, 5.74) is 8.37. The van der Waals surface area contributed by atoms with Gasteiger partial charge in [-0.15, -0.1) is 0 Å². The van der Waals surface area contributed by atoms with Crippen LogP contribution < -0.4 is 10.9 Å². The maximum absolute atomic E-state index is 13.2. The van der Waals surface area contributed by atoms with Crippen LogP contribution in [0.2, 0.25) is 0 Å². The van der Waals surface area contributed by atoms with E-state index >= 15 is 0 Å². The van der Waals surface area contributed by atoms with Gasteiger partial charge in [0.2, 0.25) is 0 Å². The van der Waals surface area contributed by atoms with Gasteiger partial charge < -0.3 is 4.98 Å². The van der Waals surface area contributed by atoms with Gasteiger partial charge in [-0.2, -0.15) is 5.10 Å². The number of para-hydroxylation sites is 2. The fourth-order valence-electron chi connectivity index (χ4n) is 3.68. The Labute approximate surface area is 205 Å². The van der Waals surface area contributed by atoms with E-state index in [1.165, 1.54) is 6.20 Å². The maximum atomic E-state index is 13.2. The number of rotatable bonds is 5. The number of hydrogen-bond acceptors (Lipinski definition) is 4. The van der Waals surface area contributed by atoms with Crippen molar-refractivity contribution in [1.29, 1.82) is 0 Å². The molecule has 0 saturated carbocycles. The third kappa shape index (κ3) is 4.53. The minimum Gasteiger partial charge on any atom is -0.336 e. The molecule has 172 valence electrons. The number of amides is 2. The molecule has 0 unspecified atom stereocenters. The summed E-state index contributed by atoms with van der Waals surface area (Å²) in [5.74, 6) is -1.02. The topological polar surface area (TPSA) is 96.7 Å². The maximum Gasteiger partial charge on any atom is 0.288 e. The first-order chi connectivity index (χ1) is 17.1. The lowest BCUT2D eigenvalue weighted by Crippen LogP contribution is -2.42. The van der Waals surface area contributed by atoms with Crippen molar-refractivity contribution in [3.8, 4) is 22.6 Å². The number of imidazole rings is 1. The van der Waals surface area contributed by atoms with Crippen LogP contribution in [0, 0.1) is 4.77 Å². The van der Waals surface area contributed by atoms with Crippen LogP contribution in [0.25, 0.3) is 22.6 Å². The molecule has 0 atom stereocenters. The molecular weight excluding hydrogens is 460 g/mol. The van der Waals surface area contributed by atoms with Crippen molar-refractivity contribution in [2.45, 2.75) is 0 Å². The quantitative estimate of drug-likeness (QED) is 0.256. The second-order valence-corrected chi connectivity index (χ2v) is 7.98. The standard InChI is InChI=1S/C26H20N6O2S/c33-24(28-29-25(34)22-16-27-26(35)32(22)20-14-8-3-9-15-20)21-17-31(19-12-6-2-7-13-19)30-23(21)18-10-4-1-5-11-18/h1-17H,(H,27,35)(H,28,33)(H,29,34). The molecule has 0 fully saturated rings. The summed E-state index contributed by atoms with van der Waals surface area (Å²) in [6.45, 7) is 0. The fourth-order valence-corrected chi connectivity index (χ4v) is 3.94. The van der Waals surface area contributed by atoms with Crippen LogP contribution in [0.3, 0.4) is 0 Å². The van der Waals surface area contributed by atoms with Gasteiger partial charge >= 0.3 is 0 Å². The Balaban J connectivity index is 1.42. The highest BCUT2D eigenvalue weighted by Crippen LogP contribution is 2.23. The second-order valence-electron chi connectivity index (χ2n) is 7.60. The number of hydrogen-bond donors (Lipinski definition) is 3. The summed E-state index contributed by atoms with van der Waals surface area (Å²) >= 11 is 5.34. The molecule has 0 aliphatic carbocycles. The molecule has 2 amide bonds. The molecule has 0 aliphatic rings. The van der Waals surface area contributed by atoms with E-state index in [0.717, 1.165) is 16.9 Å². The molecule has 0 saturated heterocycles. The molecule has 35 heavy (non-hydrogen) atoms. The molecule has 9 heteroatoms. The minimum atomic E-state index is -0.522. The minimum absolute atomic E-state index is 0.254. The SMILES string of the molecule is O=C(NNC(=O)c1c[nH]c(=S)n1-c1ccccc1)c1cn(-c2ccccc2)nc1-c1ccccc1. The van der Waals surface area contributed by atoms with Gasteiger partial charge in [0.05, 0.1) is 11.3 Å². The summed E-state index contributed by atoms with van der Waals surface area (Å²) in [5, 5.41) is 4.63. The Morgan fingerprint density at radius 2 is 1.34 bits per heavy atom. The first-order valence-electron chi connectivity index (χ1n) is 10.8. The van der Waals surface area contributed by atoms with Crippen LogP contribution >= 0.6 is 12.2 Å². The van der Waals surface area contributed by atoms with E-state index in [-0.39, 0.29) is 5.69 Å². The first kappa shape index (κ1) is 22.1. The second kappa shape index (κ2) is 9.62. The normalized spacial score (nSPS) is 10.6. The zero-order chi connectivity index (χ0) is 24.2. The van der Waals surface area contributed by atoms with Crippen LogP contribution in [0.4, 0.5) is 0 Å². The third-order valence-electron chi connectivity index (χ3n) is 5.34. The molecule has 2 aromatic heterocycles. The average Bonchev–Trinajstić information content (AvgIpc) is 3.53. The molecule has 8 nitrogen and oxygen atoms in total. The Bertz CT molecular complexity index is 1540. The van der Waals surface area contributed by atoms with Crippen molar-refractivity contribution < 1.29 is 9.59 Å². The Morgan fingerprint density at radius 3 is 2.00 bits per heavy atom. The monoisotopic (exact) mass is 480 g/mol. The van der Waals surface area contributed by atoms with E-state index in [4.69, 9.17) is 12.2 Å². The van der Waals surface area contributed by atoms with Crippen molar-refractivity contribution in [3.05, 3.63) is 119 Å². The molecule has 3 aromatic carbocycles. The van der Waals surface area contributed by atoms with Gasteiger partial charge in [-0.05, 0) is 36.5 Å². The number of nitrogens with zero attached hydrogens (tertiary/aromatic N) is 3. The van der Waals surface area contributed by atoms with E-state index in [9.17, 15) is 9.59 Å². The van der Waals surface area contributed by atoms with Gasteiger partial charge in [-0.1, -0.05) is 66.7 Å². The third-order valence-corrected chi connectivity index (χ3v) is 5.64. The molecular formula is C26H20N6O2S. The Morgan fingerprint density at radius 1 is 0.771 bits per heavy atom. The van der Waals surface area contributed by atoms with Gasteiger partial charge in [0.15, 0.2) is 4.77 Å². The average molecular weight is 481 g/mol. The number of carbonyl (C=O) groups is 2. The molecule has 0 spiro atoms. The number of aromatic nitrogens is 4. The lowest BCUT2D eigenvalue weighted by molar-refractivity contribution is 0.0843. The van der Waals surface area contributed by atoms with E-state index in [1.54, 1.807) is 15.4 Å². The largest absolute Gasteiger partial charge is 0.336 e. The number of benzene rings is 3. The molecule has 2 heterocycles. The predicted molar refractivity (Wildman–Crippen MR) is 135 cm³/mol. The Hall–Kier alpha value is -4.76. The van der Waals surface area contributed by atoms with E-state index in [1.807, 2.05) is 91.0 Å². The van der Waals surface area contributed by atoms with Crippen molar-refractivity contribution in [2.75, 3.05) is 0 Å². The number of aromatic amines is 1. The zero-order valence-electron chi connectivity index (χ0n) is 18.4. The van der Waals surface area contributed by atoms with Gasteiger partial charge in [-0.25, -0.2) is 4.68 Å². The van der Waals surface area contributed by atoms with Crippen LogP contribution in [0.1, 0.15) is 20.8 Å². The lowest BCUT2D eigenvalue weighted by atomic mass is 10.1. The molecule has 3 N–H and O–H groups in total. The van der Waals surface area contributed by atoms with E-state index in [0.29, 0.717) is 16.0 Å². The molecule has 5 rings (SSSR count). The van der Waals surface area contributed by atoms with Crippen molar-refractivity contribution in [2.24, 2.45) is 0 Å². The smallest absolute Gasteiger partial charge is 0.288 e. The predicted octanol–water partition coefficient (Wildman–Crippen LogP) is 4.46. The summed E-state index contributed by atoms with van der Waals surface area (Å²) < 4.78 is 3.60. The number of H-pyrrole nitrogens is 1. The van der Waals surface area contributed by atoms with Gasteiger partial charge in [0, 0.05) is 23.6 Å².